The zero-order valence-corrected chi connectivity index (χ0v) is 16.4. The van der Waals surface area contributed by atoms with Gasteiger partial charge in [0.2, 0.25) is 0 Å². The molecule has 0 aliphatic carbocycles. The monoisotopic (exact) mass is 394 g/mol. The molecule has 29 heavy (non-hydrogen) atoms. The van der Waals surface area contributed by atoms with E-state index in [0.717, 1.165) is 11.1 Å². The highest BCUT2D eigenvalue weighted by Gasteiger charge is 2.16. The summed E-state index contributed by atoms with van der Waals surface area (Å²) in [6.45, 7) is 4.98. The van der Waals surface area contributed by atoms with Crippen molar-refractivity contribution >= 4 is 17.7 Å². The number of nitriles is 1. The lowest BCUT2D eigenvalue weighted by atomic mass is 10.1. The van der Waals surface area contributed by atoms with Crippen molar-refractivity contribution in [2.75, 3.05) is 6.54 Å². The number of ether oxygens (including phenoxy) is 1. The summed E-state index contributed by atoms with van der Waals surface area (Å²) < 4.78 is 5.44. The third kappa shape index (κ3) is 6.66. The van der Waals surface area contributed by atoms with Crippen molar-refractivity contribution in [3.63, 3.8) is 0 Å². The fraction of sp³-hybridized carbons (Fsp3) is 0.238. The second-order valence-corrected chi connectivity index (χ2v) is 6.49. The van der Waals surface area contributed by atoms with Gasteiger partial charge in [-0.05, 0) is 57.2 Å². The molecule has 0 aromatic heterocycles. The maximum absolute atomic E-state index is 12.1. The van der Waals surface area contributed by atoms with Gasteiger partial charge in [-0.1, -0.05) is 17.2 Å². The summed E-state index contributed by atoms with van der Waals surface area (Å²) >= 11 is 0. The molecule has 0 saturated heterocycles. The number of rotatable bonds is 6. The normalized spacial score (nSPS) is 11.0. The van der Waals surface area contributed by atoms with Gasteiger partial charge in [0, 0.05) is 5.56 Å². The second-order valence-electron chi connectivity index (χ2n) is 6.49. The summed E-state index contributed by atoms with van der Waals surface area (Å²) in [6.07, 6.45) is -0.881. The van der Waals surface area contributed by atoms with Crippen molar-refractivity contribution in [1.82, 2.24) is 16.2 Å². The number of aryl methyl sites for hydroxylation is 2. The van der Waals surface area contributed by atoms with Gasteiger partial charge in [0.1, 0.15) is 5.75 Å². The highest BCUT2D eigenvalue weighted by Crippen LogP contribution is 2.13. The number of amides is 3. The number of hydrogen-bond acceptors (Lipinski definition) is 5. The number of hydrogen-bond donors (Lipinski definition) is 3. The van der Waals surface area contributed by atoms with Gasteiger partial charge in [0.05, 0.1) is 18.2 Å². The van der Waals surface area contributed by atoms with Crippen LogP contribution in [0.1, 0.15) is 34.0 Å². The van der Waals surface area contributed by atoms with Crippen LogP contribution in [0.15, 0.2) is 42.5 Å². The van der Waals surface area contributed by atoms with E-state index in [-0.39, 0.29) is 12.5 Å². The molecule has 1 atom stereocenters. The Morgan fingerprint density at radius 1 is 1.03 bits per heavy atom. The minimum Gasteiger partial charge on any atom is -0.481 e. The van der Waals surface area contributed by atoms with Crippen LogP contribution in [0, 0.1) is 25.2 Å². The summed E-state index contributed by atoms with van der Waals surface area (Å²) in [4.78, 5) is 36.0. The number of hydrazine groups is 1. The van der Waals surface area contributed by atoms with Gasteiger partial charge in [0.15, 0.2) is 6.10 Å². The molecule has 8 nitrogen and oxygen atoms in total. The number of carbonyl (C=O) groups excluding carboxylic acids is 3. The Balaban J connectivity index is 1.76. The maximum atomic E-state index is 12.1. The molecule has 0 saturated carbocycles. The predicted molar refractivity (Wildman–Crippen MR) is 106 cm³/mol. The molecule has 0 spiro atoms. The van der Waals surface area contributed by atoms with Crippen LogP contribution < -0.4 is 20.9 Å². The number of nitrogens with zero attached hydrogens (tertiary/aromatic N) is 1. The molecule has 3 amide bonds. The standard InChI is InChI=1S/C21H22N4O4/c1-13-8-14(2)10-17(9-13)21(28)23-12-19(26)24-25-20(27)15(3)29-18-6-4-16(11-22)5-7-18/h4-10,15H,12H2,1-3H3,(H,23,28)(H,24,26)(H,25,27)/t15-/m1/s1. The molecule has 0 fully saturated rings. The Morgan fingerprint density at radius 3 is 2.24 bits per heavy atom. The van der Waals surface area contributed by atoms with Gasteiger partial charge in [0.25, 0.3) is 17.7 Å². The van der Waals surface area contributed by atoms with E-state index in [1.807, 2.05) is 26.0 Å². The maximum Gasteiger partial charge on any atom is 0.279 e. The summed E-state index contributed by atoms with van der Waals surface area (Å²) in [5.74, 6) is -1.11. The largest absolute Gasteiger partial charge is 0.481 e. The molecule has 8 heteroatoms. The predicted octanol–water partition coefficient (Wildman–Crippen LogP) is 1.52. The van der Waals surface area contributed by atoms with E-state index in [0.29, 0.717) is 16.9 Å². The van der Waals surface area contributed by atoms with E-state index in [2.05, 4.69) is 16.2 Å². The van der Waals surface area contributed by atoms with Crippen LogP contribution in [0.25, 0.3) is 0 Å². The van der Waals surface area contributed by atoms with Crippen LogP contribution in [0.3, 0.4) is 0 Å². The van der Waals surface area contributed by atoms with Crippen LogP contribution in [-0.4, -0.2) is 30.4 Å². The average Bonchev–Trinajstić information content (AvgIpc) is 2.69. The minimum atomic E-state index is -0.881. The highest BCUT2D eigenvalue weighted by molar-refractivity contribution is 5.97. The first-order chi connectivity index (χ1) is 13.8. The highest BCUT2D eigenvalue weighted by atomic mass is 16.5. The third-order valence-electron chi connectivity index (χ3n) is 3.88. The van der Waals surface area contributed by atoms with Gasteiger partial charge in [-0.2, -0.15) is 5.26 Å². The fourth-order valence-corrected chi connectivity index (χ4v) is 2.51. The molecule has 150 valence electrons. The molecule has 0 unspecified atom stereocenters. The Kier molecular flexibility index (Phi) is 7.32. The van der Waals surface area contributed by atoms with E-state index in [4.69, 9.17) is 10.00 Å². The topological polar surface area (TPSA) is 120 Å². The first kappa shape index (κ1) is 21.4. The van der Waals surface area contributed by atoms with Crippen molar-refractivity contribution in [2.45, 2.75) is 26.9 Å². The third-order valence-corrected chi connectivity index (χ3v) is 3.88. The van der Waals surface area contributed by atoms with Crippen LogP contribution in [0.4, 0.5) is 0 Å². The molecule has 2 aromatic carbocycles. The van der Waals surface area contributed by atoms with Crippen LogP contribution in [0.5, 0.6) is 5.75 Å². The lowest BCUT2D eigenvalue weighted by molar-refractivity contribution is -0.132. The number of carbonyl (C=O) groups is 3. The number of nitrogens with one attached hydrogen (secondary N) is 3. The van der Waals surface area contributed by atoms with E-state index in [1.165, 1.54) is 6.92 Å². The van der Waals surface area contributed by atoms with Crippen molar-refractivity contribution in [2.24, 2.45) is 0 Å². The molecule has 0 radical (unpaired) electrons. The second kappa shape index (κ2) is 9.90. The van der Waals surface area contributed by atoms with Crippen molar-refractivity contribution in [3.05, 3.63) is 64.7 Å². The smallest absolute Gasteiger partial charge is 0.279 e. The lowest BCUT2D eigenvalue weighted by Gasteiger charge is -2.15. The molecule has 2 rings (SSSR count). The Hall–Kier alpha value is -3.86. The molecule has 0 aliphatic heterocycles. The van der Waals surface area contributed by atoms with Crippen molar-refractivity contribution in [3.8, 4) is 11.8 Å². The van der Waals surface area contributed by atoms with Gasteiger partial charge < -0.3 is 10.1 Å². The molecule has 2 aromatic rings. The Labute approximate surface area is 168 Å². The first-order valence-corrected chi connectivity index (χ1v) is 8.90. The summed E-state index contributed by atoms with van der Waals surface area (Å²) in [6, 6.07) is 13.7. The Bertz CT molecular complexity index is 928. The van der Waals surface area contributed by atoms with E-state index < -0.39 is 17.9 Å². The van der Waals surface area contributed by atoms with Crippen LogP contribution in [-0.2, 0) is 9.59 Å². The van der Waals surface area contributed by atoms with Gasteiger partial charge in [-0.25, -0.2) is 0 Å². The lowest BCUT2D eigenvalue weighted by Crippen LogP contribution is -2.50. The van der Waals surface area contributed by atoms with E-state index in [1.54, 1.807) is 36.4 Å². The minimum absolute atomic E-state index is 0.295. The van der Waals surface area contributed by atoms with Crippen molar-refractivity contribution < 1.29 is 19.1 Å². The molecule has 0 bridgehead atoms. The van der Waals surface area contributed by atoms with Crippen molar-refractivity contribution in [1.29, 1.82) is 5.26 Å². The molecule has 0 aliphatic rings. The number of benzene rings is 2. The zero-order valence-electron chi connectivity index (χ0n) is 16.4. The molecule has 3 N–H and O–H groups in total. The van der Waals surface area contributed by atoms with Crippen LogP contribution in [0.2, 0.25) is 0 Å². The molecular formula is C21H22N4O4. The van der Waals surface area contributed by atoms with Gasteiger partial charge in [-0.15, -0.1) is 0 Å². The summed E-state index contributed by atoms with van der Waals surface area (Å²) in [5.41, 5.74) is 7.29. The van der Waals surface area contributed by atoms with E-state index in [9.17, 15) is 14.4 Å². The van der Waals surface area contributed by atoms with Gasteiger partial charge in [-0.3, -0.25) is 25.2 Å². The van der Waals surface area contributed by atoms with Crippen LogP contribution >= 0.6 is 0 Å². The quantitative estimate of drug-likeness (QED) is 0.642. The molecule has 0 heterocycles. The summed E-state index contributed by atoms with van der Waals surface area (Å²) in [7, 11) is 0. The fourth-order valence-electron chi connectivity index (χ4n) is 2.51. The summed E-state index contributed by atoms with van der Waals surface area (Å²) in [5, 5.41) is 11.3. The average molecular weight is 394 g/mol. The SMILES string of the molecule is Cc1cc(C)cc(C(=O)NCC(=O)NNC(=O)[C@@H](C)Oc2ccc(C#N)cc2)c1. The van der Waals surface area contributed by atoms with Gasteiger partial charge >= 0.3 is 0 Å². The Morgan fingerprint density at radius 2 is 1.66 bits per heavy atom. The first-order valence-electron chi connectivity index (χ1n) is 8.90. The molecular weight excluding hydrogens is 372 g/mol. The zero-order chi connectivity index (χ0) is 21.4. The van der Waals surface area contributed by atoms with E-state index >= 15 is 0 Å².